The van der Waals surface area contributed by atoms with Crippen molar-refractivity contribution in [3.63, 3.8) is 0 Å². The highest BCUT2D eigenvalue weighted by Gasteiger charge is 2.45. The van der Waals surface area contributed by atoms with Crippen LogP contribution in [-0.2, 0) is 16.6 Å². The van der Waals surface area contributed by atoms with Gasteiger partial charge in [-0.25, -0.2) is 0 Å². The number of fused-ring (bicyclic) bond motifs is 1. The maximum absolute atomic E-state index is 13.2. The van der Waals surface area contributed by atoms with Crippen molar-refractivity contribution in [3.05, 3.63) is 71.6 Å². The predicted molar refractivity (Wildman–Crippen MR) is 120 cm³/mol. The van der Waals surface area contributed by atoms with Crippen LogP contribution in [0.2, 0.25) is 0 Å². The van der Waals surface area contributed by atoms with E-state index in [1.165, 1.54) is 4.90 Å². The summed E-state index contributed by atoms with van der Waals surface area (Å²) >= 11 is 0. The minimum absolute atomic E-state index is 0.103. The summed E-state index contributed by atoms with van der Waals surface area (Å²) in [5.74, 6) is -0.499. The van der Waals surface area contributed by atoms with Crippen LogP contribution in [0.5, 0.6) is 5.75 Å². The van der Waals surface area contributed by atoms with Crippen molar-refractivity contribution in [3.8, 4) is 5.75 Å². The summed E-state index contributed by atoms with van der Waals surface area (Å²) in [4.78, 5) is 27.9. The highest BCUT2D eigenvalue weighted by molar-refractivity contribution is 6.17. The molecule has 1 unspecified atom stereocenters. The summed E-state index contributed by atoms with van der Waals surface area (Å²) in [5.41, 5.74) is 2.54. The van der Waals surface area contributed by atoms with Crippen LogP contribution in [0.15, 0.2) is 66.1 Å². The Kier molecular flexibility index (Phi) is 5.31. The zero-order chi connectivity index (χ0) is 22.3. The second-order valence-corrected chi connectivity index (χ2v) is 8.27. The van der Waals surface area contributed by atoms with Gasteiger partial charge in [0.15, 0.2) is 11.5 Å². The lowest BCUT2D eigenvalue weighted by atomic mass is 9.92. The summed E-state index contributed by atoms with van der Waals surface area (Å²) in [6, 6.07) is 14.2. The van der Waals surface area contributed by atoms with Crippen molar-refractivity contribution in [1.82, 2.24) is 4.57 Å². The Bertz CT molecular complexity index is 1190. The van der Waals surface area contributed by atoms with Crippen molar-refractivity contribution in [2.75, 3.05) is 12.0 Å². The van der Waals surface area contributed by atoms with Gasteiger partial charge in [0.05, 0.1) is 18.7 Å². The van der Waals surface area contributed by atoms with Gasteiger partial charge in [-0.15, -0.1) is 0 Å². The van der Waals surface area contributed by atoms with Crippen LogP contribution < -0.4 is 9.64 Å². The van der Waals surface area contributed by atoms with Gasteiger partial charge in [0.1, 0.15) is 5.75 Å². The third-order valence-corrected chi connectivity index (χ3v) is 5.68. The van der Waals surface area contributed by atoms with Crippen LogP contribution in [0.1, 0.15) is 31.9 Å². The molecule has 1 aromatic heterocycles. The number of aryl methyl sites for hydroxylation is 1. The number of carbonyl (C=O) groups is 2. The van der Waals surface area contributed by atoms with Crippen molar-refractivity contribution < 1.29 is 19.4 Å². The molecule has 6 nitrogen and oxygen atoms in total. The van der Waals surface area contributed by atoms with Crippen LogP contribution in [0.3, 0.4) is 0 Å². The molecule has 0 bridgehead atoms. The fraction of sp³-hybridized carbons (Fsp3) is 0.280. The number of nitrogens with zero attached hydrogens (tertiary/aromatic N) is 2. The first-order valence-corrected chi connectivity index (χ1v) is 10.3. The number of aromatic nitrogens is 1. The zero-order valence-electron chi connectivity index (χ0n) is 18.1. The van der Waals surface area contributed by atoms with Gasteiger partial charge in [-0.2, -0.15) is 0 Å². The van der Waals surface area contributed by atoms with E-state index in [1.54, 1.807) is 31.4 Å². The number of methoxy groups -OCH3 is 1. The zero-order valence-corrected chi connectivity index (χ0v) is 18.1. The second kappa shape index (κ2) is 7.95. The van der Waals surface area contributed by atoms with Crippen molar-refractivity contribution >= 4 is 28.3 Å². The molecule has 6 heteroatoms. The maximum Gasteiger partial charge on any atom is 0.294 e. The number of carbonyl (C=O) groups excluding carboxylic acids is 2. The van der Waals surface area contributed by atoms with E-state index in [4.69, 9.17) is 4.74 Å². The smallest absolute Gasteiger partial charge is 0.294 e. The van der Waals surface area contributed by atoms with Crippen LogP contribution in [0.4, 0.5) is 5.69 Å². The number of hydrogen-bond donors (Lipinski definition) is 1. The van der Waals surface area contributed by atoms with E-state index in [1.807, 2.05) is 55.9 Å². The fourth-order valence-electron chi connectivity index (χ4n) is 4.27. The third-order valence-electron chi connectivity index (χ3n) is 5.68. The Morgan fingerprint density at radius 2 is 1.81 bits per heavy atom. The largest absolute Gasteiger partial charge is 0.503 e. The first kappa shape index (κ1) is 20.7. The Hall–Kier alpha value is -3.54. The first-order chi connectivity index (χ1) is 14.8. The van der Waals surface area contributed by atoms with E-state index in [-0.39, 0.29) is 23.7 Å². The minimum atomic E-state index is -0.710. The molecule has 1 aliphatic heterocycles. The van der Waals surface area contributed by atoms with E-state index >= 15 is 0 Å². The van der Waals surface area contributed by atoms with Crippen molar-refractivity contribution in [1.29, 1.82) is 0 Å². The van der Waals surface area contributed by atoms with Crippen LogP contribution in [0.25, 0.3) is 10.9 Å². The molecule has 0 fully saturated rings. The topological polar surface area (TPSA) is 71.8 Å². The molecule has 4 rings (SSSR count). The molecule has 1 aliphatic rings. The average molecular weight is 418 g/mol. The average Bonchev–Trinajstić information content (AvgIpc) is 3.22. The monoisotopic (exact) mass is 418 g/mol. The summed E-state index contributed by atoms with van der Waals surface area (Å²) < 4.78 is 7.21. The number of rotatable bonds is 6. The standard InChI is InChI=1S/C25H26N2O4/c1-15(2)13-21(28)22-23(19-14-26(3)20-8-6-5-7-18(19)20)27(25(30)24(22)29)16-9-11-17(31-4)12-10-16/h5-12,14-15,23,29H,13H2,1-4H3. The van der Waals surface area contributed by atoms with Crippen molar-refractivity contribution in [2.24, 2.45) is 13.0 Å². The Labute approximate surface area is 181 Å². The third kappa shape index (κ3) is 3.48. The summed E-state index contributed by atoms with van der Waals surface area (Å²) in [5, 5.41) is 11.8. The molecule has 0 aliphatic carbocycles. The molecule has 160 valence electrons. The van der Waals surface area contributed by atoms with Crippen LogP contribution in [0, 0.1) is 5.92 Å². The molecule has 2 heterocycles. The summed E-state index contributed by atoms with van der Waals surface area (Å²) in [6.07, 6.45) is 2.19. The van der Waals surface area contributed by atoms with Crippen molar-refractivity contribution in [2.45, 2.75) is 26.3 Å². The van der Waals surface area contributed by atoms with Gasteiger partial charge < -0.3 is 14.4 Å². The fourth-order valence-corrected chi connectivity index (χ4v) is 4.27. The lowest BCUT2D eigenvalue weighted by Crippen LogP contribution is -2.31. The number of aliphatic hydroxyl groups excluding tert-OH is 1. The van der Waals surface area contributed by atoms with Gasteiger partial charge in [0.2, 0.25) is 0 Å². The lowest BCUT2D eigenvalue weighted by molar-refractivity contribution is -0.118. The van der Waals surface area contributed by atoms with Crippen LogP contribution >= 0.6 is 0 Å². The maximum atomic E-state index is 13.2. The molecular weight excluding hydrogens is 392 g/mol. The number of hydrogen-bond acceptors (Lipinski definition) is 4. The Balaban J connectivity index is 1.92. The van der Waals surface area contributed by atoms with E-state index in [0.29, 0.717) is 11.4 Å². The number of amides is 1. The molecule has 1 atom stereocenters. The number of benzene rings is 2. The highest BCUT2D eigenvalue weighted by atomic mass is 16.5. The van der Waals surface area contributed by atoms with Gasteiger partial charge in [0, 0.05) is 41.8 Å². The van der Waals surface area contributed by atoms with E-state index in [9.17, 15) is 14.7 Å². The van der Waals surface area contributed by atoms with Crippen LogP contribution in [-0.4, -0.2) is 28.5 Å². The Morgan fingerprint density at radius 1 is 1.13 bits per heavy atom. The molecule has 31 heavy (non-hydrogen) atoms. The van der Waals surface area contributed by atoms with Gasteiger partial charge in [-0.05, 0) is 36.2 Å². The van der Waals surface area contributed by atoms with Gasteiger partial charge in [-0.1, -0.05) is 32.0 Å². The van der Waals surface area contributed by atoms with Gasteiger partial charge in [-0.3, -0.25) is 14.5 Å². The number of ether oxygens (including phenoxy) is 1. The number of aliphatic hydroxyl groups is 1. The molecule has 0 saturated heterocycles. The molecular formula is C25H26N2O4. The Morgan fingerprint density at radius 3 is 2.45 bits per heavy atom. The van der Waals surface area contributed by atoms with E-state index in [2.05, 4.69) is 0 Å². The molecule has 3 aromatic rings. The minimum Gasteiger partial charge on any atom is -0.503 e. The molecule has 1 N–H and O–H groups in total. The number of para-hydroxylation sites is 1. The molecule has 0 radical (unpaired) electrons. The normalized spacial score (nSPS) is 16.6. The molecule has 0 saturated carbocycles. The summed E-state index contributed by atoms with van der Waals surface area (Å²) in [7, 11) is 3.50. The second-order valence-electron chi connectivity index (χ2n) is 8.27. The molecule has 2 aromatic carbocycles. The van der Waals surface area contributed by atoms with Gasteiger partial charge in [0.25, 0.3) is 5.91 Å². The highest BCUT2D eigenvalue weighted by Crippen LogP contribution is 2.44. The quantitative estimate of drug-likeness (QED) is 0.630. The SMILES string of the molecule is COc1ccc(N2C(=O)C(O)=C(C(=O)CC(C)C)C2c2cn(C)c3ccccc23)cc1. The summed E-state index contributed by atoms with van der Waals surface area (Å²) in [6.45, 7) is 3.89. The van der Waals surface area contributed by atoms with E-state index in [0.717, 1.165) is 16.5 Å². The predicted octanol–water partition coefficient (Wildman–Crippen LogP) is 4.70. The number of anilines is 1. The first-order valence-electron chi connectivity index (χ1n) is 10.3. The number of Topliss-reactive ketones (excluding diaryl/α,β-unsaturated/α-hetero) is 1. The molecule has 1 amide bonds. The lowest BCUT2D eigenvalue weighted by Gasteiger charge is -2.27. The molecule has 0 spiro atoms. The number of ketones is 1. The van der Waals surface area contributed by atoms with E-state index < -0.39 is 17.7 Å². The van der Waals surface area contributed by atoms with Gasteiger partial charge >= 0.3 is 0 Å².